The van der Waals surface area contributed by atoms with E-state index in [0.717, 1.165) is 102 Å². The first-order valence-corrected chi connectivity index (χ1v) is 25.7. The highest BCUT2D eigenvalue weighted by molar-refractivity contribution is 6.06. The third-order valence-electron chi connectivity index (χ3n) is 17.3. The van der Waals surface area contributed by atoms with Crippen molar-refractivity contribution in [1.82, 2.24) is 40.3 Å². The number of nitrogens with zero attached hydrogens (tertiary/aromatic N) is 8. The van der Waals surface area contributed by atoms with Gasteiger partial charge in [-0.05, 0) is 117 Å². The van der Waals surface area contributed by atoms with Gasteiger partial charge in [-0.15, -0.1) is 6.42 Å². The molecule has 366 valence electrons. The Kier molecular flexibility index (Phi) is 10.7. The second kappa shape index (κ2) is 17.1. The van der Waals surface area contributed by atoms with Crippen LogP contribution in [0.3, 0.4) is 0 Å². The molecule has 1 spiro atoms. The number of halogens is 1. The van der Waals surface area contributed by atoms with Crippen molar-refractivity contribution < 1.29 is 28.6 Å². The van der Waals surface area contributed by atoms with Gasteiger partial charge < -0.3 is 34.8 Å². The van der Waals surface area contributed by atoms with Gasteiger partial charge in [-0.25, -0.2) is 4.39 Å². The number of fused-ring (bicyclic) bond motifs is 5. The maximum absolute atomic E-state index is 17.2. The van der Waals surface area contributed by atoms with Crippen LogP contribution in [-0.4, -0.2) is 143 Å². The molecule has 8 aliphatic rings. The van der Waals surface area contributed by atoms with E-state index in [1.807, 2.05) is 30.3 Å². The molecular formula is C55H59FN10O5. The van der Waals surface area contributed by atoms with E-state index in [-0.39, 0.29) is 52.5 Å². The molecule has 3 aromatic carbocycles. The average Bonchev–Trinajstić information content (AvgIpc) is 3.68. The lowest BCUT2D eigenvalue weighted by Crippen LogP contribution is -2.52. The molecule has 3 amide bonds. The van der Waals surface area contributed by atoms with Crippen LogP contribution in [0.15, 0.2) is 54.7 Å². The number of piperazine rings is 2. The lowest BCUT2D eigenvalue weighted by atomic mass is 9.61. The molecule has 15 nitrogen and oxygen atoms in total. The number of aromatic nitrogens is 3. The Morgan fingerprint density at radius 1 is 0.901 bits per heavy atom. The number of pyridine rings is 1. The summed E-state index contributed by atoms with van der Waals surface area (Å²) in [5.41, 5.74) is 4.31. The zero-order valence-electron chi connectivity index (χ0n) is 40.0. The first-order valence-electron chi connectivity index (χ1n) is 25.7. The zero-order valence-corrected chi connectivity index (χ0v) is 40.0. The Hall–Kier alpha value is -6.41. The van der Waals surface area contributed by atoms with Gasteiger partial charge in [0.2, 0.25) is 11.8 Å². The minimum Gasteiger partial charge on any atom is -0.508 e. The molecule has 7 fully saturated rings. The number of nitrogens with one attached hydrogen (secondary N) is 2. The largest absolute Gasteiger partial charge is 0.508 e. The van der Waals surface area contributed by atoms with Gasteiger partial charge in [0, 0.05) is 123 Å². The van der Waals surface area contributed by atoms with E-state index < -0.39 is 11.9 Å². The average molecular weight is 959 g/mol. The number of benzene rings is 3. The van der Waals surface area contributed by atoms with Gasteiger partial charge in [0.15, 0.2) is 5.82 Å². The predicted octanol–water partition coefficient (Wildman–Crippen LogP) is 5.46. The topological polar surface area (TPSA) is 160 Å². The molecule has 8 heterocycles. The molecule has 2 aliphatic carbocycles. The molecule has 5 aromatic rings. The summed E-state index contributed by atoms with van der Waals surface area (Å²) >= 11 is 0. The molecule has 0 unspecified atom stereocenters. The number of terminal acetylenes is 1. The van der Waals surface area contributed by atoms with Gasteiger partial charge in [0.1, 0.15) is 28.8 Å². The molecule has 3 N–H and O–H groups in total. The maximum atomic E-state index is 17.2. The Bertz CT molecular complexity index is 3060. The number of hydrogen-bond acceptors (Lipinski definition) is 13. The van der Waals surface area contributed by atoms with Crippen molar-refractivity contribution in [3.8, 4) is 35.4 Å². The van der Waals surface area contributed by atoms with Crippen LogP contribution in [0, 0.1) is 34.9 Å². The van der Waals surface area contributed by atoms with E-state index in [9.17, 15) is 19.5 Å². The number of carbonyl (C=O) groups is 3. The van der Waals surface area contributed by atoms with Crippen LogP contribution in [-0.2, 0) is 16.1 Å². The summed E-state index contributed by atoms with van der Waals surface area (Å²) in [6.45, 7) is 10.5. The monoisotopic (exact) mass is 958 g/mol. The highest BCUT2D eigenvalue weighted by Crippen LogP contribution is 2.54. The quantitative estimate of drug-likeness (QED) is 0.113. The molecule has 3 atom stereocenters. The number of amides is 3. The number of rotatable bonds is 11. The van der Waals surface area contributed by atoms with E-state index >= 15 is 4.39 Å². The van der Waals surface area contributed by atoms with Crippen LogP contribution >= 0.6 is 0 Å². The SMILES string of the molecule is C#Cc1cccc2cc(O)cc(-c3ncc4c(N5C[C@@H]6CC[C@@H](C5)N6)nc(OCC5(CN6CCC7(CC(CN8CCN(c9ccc%10c(c9)CN([C@H]9CCC(=O)NC9=O)C%10=O)CC8)C7)C6)CC5)nc4c3F)c12. The second-order valence-electron chi connectivity index (χ2n) is 22.1. The van der Waals surface area contributed by atoms with Crippen molar-refractivity contribution in [3.05, 3.63) is 77.2 Å². The molecular weight excluding hydrogens is 900 g/mol. The number of likely N-dealkylation sites (tertiary alicyclic amines) is 1. The third-order valence-corrected chi connectivity index (χ3v) is 17.3. The fourth-order valence-electron chi connectivity index (χ4n) is 13.5. The molecule has 0 radical (unpaired) electrons. The molecule has 2 aromatic heterocycles. The smallest absolute Gasteiger partial charge is 0.319 e. The second-order valence-corrected chi connectivity index (χ2v) is 22.1. The minimum absolute atomic E-state index is 0.00720. The zero-order chi connectivity index (χ0) is 48.2. The summed E-state index contributed by atoms with van der Waals surface area (Å²) in [6.07, 6.45) is 16.3. The fourth-order valence-corrected chi connectivity index (χ4v) is 13.5. The van der Waals surface area contributed by atoms with Crippen molar-refractivity contribution in [1.29, 1.82) is 0 Å². The number of phenolic OH excluding ortho intramolecular Hbond substituents is 1. The predicted molar refractivity (Wildman–Crippen MR) is 267 cm³/mol. The van der Waals surface area contributed by atoms with E-state index in [4.69, 9.17) is 21.1 Å². The fraction of sp³-hybridized carbons (Fsp3) is 0.491. The van der Waals surface area contributed by atoms with Crippen LogP contribution in [0.5, 0.6) is 11.8 Å². The van der Waals surface area contributed by atoms with Gasteiger partial charge in [0.25, 0.3) is 5.91 Å². The number of piperidine rings is 1. The number of phenols is 1. The summed E-state index contributed by atoms with van der Waals surface area (Å²) in [6, 6.07) is 14.9. The maximum Gasteiger partial charge on any atom is 0.319 e. The van der Waals surface area contributed by atoms with Crippen LogP contribution in [0.4, 0.5) is 15.9 Å². The number of aromatic hydroxyl groups is 1. The van der Waals surface area contributed by atoms with E-state index in [0.29, 0.717) is 81.7 Å². The van der Waals surface area contributed by atoms with Crippen molar-refractivity contribution in [2.75, 3.05) is 81.9 Å². The van der Waals surface area contributed by atoms with Crippen molar-refractivity contribution >= 4 is 50.9 Å². The van der Waals surface area contributed by atoms with Gasteiger partial charge in [-0.2, -0.15) is 9.97 Å². The molecule has 2 saturated carbocycles. The first kappa shape index (κ1) is 44.5. The summed E-state index contributed by atoms with van der Waals surface area (Å²) in [7, 11) is 0. The molecule has 16 heteroatoms. The van der Waals surface area contributed by atoms with E-state index in [1.165, 1.54) is 25.3 Å². The summed E-state index contributed by atoms with van der Waals surface area (Å²) in [5.74, 6) is 2.66. The molecule has 13 rings (SSSR count). The number of imide groups is 1. The number of ether oxygens (including phenoxy) is 1. The van der Waals surface area contributed by atoms with E-state index in [1.54, 1.807) is 17.2 Å². The van der Waals surface area contributed by atoms with Gasteiger partial charge in [0.05, 0.1) is 12.0 Å². The van der Waals surface area contributed by atoms with Gasteiger partial charge in [-0.3, -0.25) is 29.6 Å². The van der Waals surface area contributed by atoms with E-state index in [2.05, 4.69) is 47.2 Å². The minimum atomic E-state index is -0.605. The Labute approximate surface area is 412 Å². The van der Waals surface area contributed by atoms with Crippen LogP contribution in [0.2, 0.25) is 0 Å². The normalized spacial score (nSPS) is 27.1. The lowest BCUT2D eigenvalue weighted by Gasteiger charge is -2.48. The van der Waals surface area contributed by atoms with Crippen LogP contribution in [0.25, 0.3) is 32.9 Å². The molecule has 71 heavy (non-hydrogen) atoms. The Balaban J connectivity index is 0.639. The summed E-state index contributed by atoms with van der Waals surface area (Å²) in [4.78, 5) is 63.5. The van der Waals surface area contributed by atoms with Gasteiger partial charge in [-0.1, -0.05) is 18.1 Å². The Morgan fingerprint density at radius 3 is 2.49 bits per heavy atom. The highest BCUT2D eigenvalue weighted by atomic mass is 19.1. The first-order chi connectivity index (χ1) is 34.5. The number of carbonyl (C=O) groups excluding carboxylic acids is 3. The van der Waals surface area contributed by atoms with Crippen LogP contribution in [0.1, 0.15) is 79.3 Å². The van der Waals surface area contributed by atoms with Crippen LogP contribution < -0.4 is 25.2 Å². The molecule has 6 aliphatic heterocycles. The van der Waals surface area contributed by atoms with Gasteiger partial charge >= 0.3 is 6.01 Å². The number of anilines is 2. The molecule has 5 saturated heterocycles. The lowest BCUT2D eigenvalue weighted by molar-refractivity contribution is -0.136. The summed E-state index contributed by atoms with van der Waals surface area (Å²) < 4.78 is 23.7. The van der Waals surface area contributed by atoms with Crippen molar-refractivity contribution in [3.63, 3.8) is 0 Å². The Morgan fingerprint density at radius 2 is 1.72 bits per heavy atom. The number of hydrogen-bond donors (Lipinski definition) is 3. The molecule has 2 bridgehead atoms. The summed E-state index contributed by atoms with van der Waals surface area (Å²) in [5, 5.41) is 18.7. The third kappa shape index (κ3) is 8.10. The standard InChI is InChI=1S/C55H59FN10O5/c1-2-34-4-3-5-35-21-40(67)22-42(46(34)35)48-47(56)49-43(25-57-48)50(65-28-37-6-7-38(29-65)58-37)61-53(60-49)71-32-54(12-13-54)30-63-15-14-55(31-63)23-33(24-55)26-62-16-18-64(19-17-62)39-8-9-41-36(20-39)27-66(52(41)70)44-10-11-45(68)59-51(44)69/h1,3-5,8-9,20-22,25,33,37-38,44,58,67H,6-7,10-19,23-24,26-32H2,(H,59,68,69)/t33?,37-,38-,44-,55?/m0/s1. The van der Waals surface area contributed by atoms with Crippen molar-refractivity contribution in [2.45, 2.75) is 82.5 Å². The highest BCUT2D eigenvalue weighted by Gasteiger charge is 2.52. The van der Waals surface area contributed by atoms with Crippen molar-refractivity contribution in [2.24, 2.45) is 16.7 Å².